The first kappa shape index (κ1) is 27.6. The number of hydrogen-bond acceptors (Lipinski definition) is 4. The molecule has 2 unspecified atom stereocenters. The van der Waals surface area contributed by atoms with E-state index in [2.05, 4.69) is 48.4 Å². The van der Waals surface area contributed by atoms with Gasteiger partial charge in [-0.05, 0) is 104 Å². The van der Waals surface area contributed by atoms with E-state index in [1.165, 1.54) is 5.56 Å². The van der Waals surface area contributed by atoms with Crippen LogP contribution in [0.4, 0.5) is 0 Å². The standard InChI is InChI=1S/C33H38N4O3/c1-8-37-28-12-11-27(22(6)31(28)34-35-37)30(23(7)33(39)40)25-10-9-24-13-14-36(17-26(24)16-25)32(38)29-20(4)18(2)15-19(3)21(29)5/h9-12,15-16,23,30H,8,13-14,17H2,1-7H3,(H,39,40). The third kappa shape index (κ3) is 4.57. The van der Waals surface area contributed by atoms with E-state index in [-0.39, 0.29) is 11.8 Å². The maximum Gasteiger partial charge on any atom is 0.307 e. The van der Waals surface area contributed by atoms with Gasteiger partial charge in [-0.25, -0.2) is 4.68 Å². The van der Waals surface area contributed by atoms with Gasteiger partial charge in [-0.15, -0.1) is 5.10 Å². The van der Waals surface area contributed by atoms with Gasteiger partial charge in [-0.1, -0.05) is 42.5 Å². The minimum atomic E-state index is -0.850. The second-order valence-electron chi connectivity index (χ2n) is 11.3. The molecule has 3 aromatic carbocycles. The van der Waals surface area contributed by atoms with E-state index >= 15 is 0 Å². The monoisotopic (exact) mass is 538 g/mol. The van der Waals surface area contributed by atoms with Crippen LogP contribution in [0.15, 0.2) is 36.4 Å². The van der Waals surface area contributed by atoms with Gasteiger partial charge in [0.2, 0.25) is 0 Å². The lowest BCUT2D eigenvalue weighted by Crippen LogP contribution is -2.37. The topological polar surface area (TPSA) is 88.3 Å². The fraction of sp³-hybridized carbons (Fsp3) is 0.394. The number of rotatable bonds is 6. The number of aliphatic carboxylic acids is 1. The van der Waals surface area contributed by atoms with Crippen LogP contribution in [0, 0.1) is 40.5 Å². The van der Waals surface area contributed by atoms with Crippen LogP contribution in [0.2, 0.25) is 0 Å². The molecule has 1 N–H and O–H groups in total. The molecule has 208 valence electrons. The molecule has 1 amide bonds. The number of benzene rings is 3. The summed E-state index contributed by atoms with van der Waals surface area (Å²) in [5.74, 6) is -1.81. The van der Waals surface area contributed by atoms with Gasteiger partial charge in [0.25, 0.3) is 5.91 Å². The summed E-state index contributed by atoms with van der Waals surface area (Å²) >= 11 is 0. The Kier molecular flexibility index (Phi) is 7.25. The van der Waals surface area contributed by atoms with Crippen molar-refractivity contribution in [3.05, 3.63) is 92.0 Å². The number of nitrogens with zero attached hydrogens (tertiary/aromatic N) is 4. The zero-order chi connectivity index (χ0) is 28.9. The largest absolute Gasteiger partial charge is 0.481 e. The second-order valence-corrected chi connectivity index (χ2v) is 11.3. The molecule has 7 heteroatoms. The molecule has 2 atom stereocenters. The molecule has 0 saturated heterocycles. The molecule has 40 heavy (non-hydrogen) atoms. The van der Waals surface area contributed by atoms with Crippen molar-refractivity contribution in [2.24, 2.45) is 5.92 Å². The summed E-state index contributed by atoms with van der Waals surface area (Å²) < 4.78 is 1.85. The number of hydrogen-bond donors (Lipinski definition) is 1. The van der Waals surface area contributed by atoms with E-state index in [1.807, 2.05) is 49.4 Å². The lowest BCUT2D eigenvalue weighted by atomic mass is 9.78. The highest BCUT2D eigenvalue weighted by molar-refractivity contribution is 5.98. The van der Waals surface area contributed by atoms with Crippen molar-refractivity contribution in [2.45, 2.75) is 73.9 Å². The van der Waals surface area contributed by atoms with Gasteiger partial charge >= 0.3 is 5.97 Å². The van der Waals surface area contributed by atoms with Crippen LogP contribution in [0.3, 0.4) is 0 Å². The van der Waals surface area contributed by atoms with Gasteiger partial charge in [0, 0.05) is 31.1 Å². The van der Waals surface area contributed by atoms with E-state index in [0.29, 0.717) is 19.6 Å². The Labute approximate surface area is 235 Å². The Morgan fingerprint density at radius 2 is 1.65 bits per heavy atom. The highest BCUT2D eigenvalue weighted by Gasteiger charge is 2.31. The first-order valence-electron chi connectivity index (χ1n) is 14.1. The molecule has 5 rings (SSSR count). The number of fused-ring (bicyclic) bond motifs is 2. The normalized spacial score (nSPS) is 14.7. The van der Waals surface area contributed by atoms with Gasteiger partial charge in [-0.2, -0.15) is 0 Å². The average molecular weight is 539 g/mol. The molecule has 0 spiro atoms. The summed E-state index contributed by atoms with van der Waals surface area (Å²) in [6, 6.07) is 12.5. The van der Waals surface area contributed by atoms with E-state index < -0.39 is 11.9 Å². The van der Waals surface area contributed by atoms with Gasteiger partial charge in [0.05, 0.1) is 11.4 Å². The molecule has 1 aliphatic heterocycles. The van der Waals surface area contributed by atoms with Gasteiger partial charge < -0.3 is 10.0 Å². The highest BCUT2D eigenvalue weighted by atomic mass is 16.4. The number of carboxylic acids is 1. The molecule has 0 fully saturated rings. The molecule has 0 aliphatic carbocycles. The molecule has 0 saturated carbocycles. The number of aromatic nitrogens is 3. The van der Waals surface area contributed by atoms with Crippen LogP contribution in [0.25, 0.3) is 11.0 Å². The van der Waals surface area contributed by atoms with E-state index in [1.54, 1.807) is 6.92 Å². The summed E-state index contributed by atoms with van der Waals surface area (Å²) in [6.07, 6.45) is 0.772. The Hall–Kier alpha value is -4.00. The number of amides is 1. The molecular formula is C33H38N4O3. The summed E-state index contributed by atoms with van der Waals surface area (Å²) in [4.78, 5) is 28.1. The third-order valence-electron chi connectivity index (χ3n) is 8.98. The first-order valence-corrected chi connectivity index (χ1v) is 14.1. The van der Waals surface area contributed by atoms with Crippen molar-refractivity contribution in [3.63, 3.8) is 0 Å². The fourth-order valence-corrected chi connectivity index (χ4v) is 6.27. The summed E-state index contributed by atoms with van der Waals surface area (Å²) in [7, 11) is 0. The van der Waals surface area contributed by atoms with E-state index in [9.17, 15) is 14.7 Å². The van der Waals surface area contributed by atoms with Crippen molar-refractivity contribution >= 4 is 22.9 Å². The molecule has 1 aromatic heterocycles. The van der Waals surface area contributed by atoms with Crippen molar-refractivity contribution in [3.8, 4) is 0 Å². The third-order valence-corrected chi connectivity index (χ3v) is 8.98. The van der Waals surface area contributed by atoms with Crippen molar-refractivity contribution in [1.82, 2.24) is 19.9 Å². The number of carbonyl (C=O) groups excluding carboxylic acids is 1. The minimum absolute atomic E-state index is 0.0635. The quantitative estimate of drug-likeness (QED) is 0.323. The van der Waals surface area contributed by atoms with Crippen LogP contribution in [0.1, 0.15) is 80.2 Å². The number of carboxylic acid groups (broad SMARTS) is 1. The van der Waals surface area contributed by atoms with Crippen molar-refractivity contribution < 1.29 is 14.7 Å². The first-order chi connectivity index (χ1) is 19.0. The molecule has 4 aromatic rings. The molecule has 1 aliphatic rings. The van der Waals surface area contributed by atoms with Crippen LogP contribution in [-0.2, 0) is 24.3 Å². The Balaban J connectivity index is 1.54. The lowest BCUT2D eigenvalue weighted by Gasteiger charge is -2.32. The zero-order valence-corrected chi connectivity index (χ0v) is 24.5. The maximum atomic E-state index is 13.8. The second kappa shape index (κ2) is 10.5. The molecular weight excluding hydrogens is 500 g/mol. The van der Waals surface area contributed by atoms with Gasteiger partial charge in [-0.3, -0.25) is 9.59 Å². The van der Waals surface area contributed by atoms with E-state index in [0.717, 1.165) is 67.5 Å². The maximum absolute atomic E-state index is 13.8. The number of aryl methyl sites for hydroxylation is 4. The summed E-state index contributed by atoms with van der Waals surface area (Å²) in [6.45, 7) is 15.8. The highest BCUT2D eigenvalue weighted by Crippen LogP contribution is 2.38. The molecule has 0 radical (unpaired) electrons. The Morgan fingerprint density at radius 1 is 0.950 bits per heavy atom. The Bertz CT molecular complexity index is 1630. The van der Waals surface area contributed by atoms with Crippen molar-refractivity contribution in [1.29, 1.82) is 0 Å². The lowest BCUT2D eigenvalue weighted by molar-refractivity contribution is -0.141. The number of carbonyl (C=O) groups is 2. The van der Waals surface area contributed by atoms with Gasteiger partial charge in [0.15, 0.2) is 0 Å². The molecule has 2 heterocycles. The van der Waals surface area contributed by atoms with Crippen LogP contribution in [0.5, 0.6) is 0 Å². The zero-order valence-electron chi connectivity index (χ0n) is 24.5. The average Bonchev–Trinajstić information content (AvgIpc) is 3.37. The fourth-order valence-electron chi connectivity index (χ4n) is 6.27. The molecule has 0 bridgehead atoms. The predicted molar refractivity (Wildman–Crippen MR) is 157 cm³/mol. The minimum Gasteiger partial charge on any atom is -0.481 e. The van der Waals surface area contributed by atoms with Crippen molar-refractivity contribution in [2.75, 3.05) is 6.54 Å². The van der Waals surface area contributed by atoms with Gasteiger partial charge in [0.1, 0.15) is 5.52 Å². The smallest absolute Gasteiger partial charge is 0.307 e. The van der Waals surface area contributed by atoms with Crippen LogP contribution in [-0.4, -0.2) is 43.4 Å². The van der Waals surface area contributed by atoms with Crippen LogP contribution < -0.4 is 0 Å². The SMILES string of the molecule is CCn1nnc2c(C)c(C(c3ccc4c(c3)CN(C(=O)c3c(C)c(C)cc(C)c3C)CC4)C(C)C(=O)O)ccc21. The summed E-state index contributed by atoms with van der Waals surface area (Å²) in [5.41, 5.74) is 12.0. The predicted octanol–water partition coefficient (Wildman–Crippen LogP) is 6.04. The summed E-state index contributed by atoms with van der Waals surface area (Å²) in [5, 5.41) is 18.8. The molecule has 7 nitrogen and oxygen atoms in total. The Morgan fingerprint density at radius 3 is 2.30 bits per heavy atom. The van der Waals surface area contributed by atoms with Crippen LogP contribution >= 0.6 is 0 Å². The van der Waals surface area contributed by atoms with E-state index in [4.69, 9.17) is 0 Å².